The van der Waals surface area contributed by atoms with Crippen molar-refractivity contribution in [3.05, 3.63) is 59.9 Å². The predicted octanol–water partition coefficient (Wildman–Crippen LogP) is 3.79. The van der Waals surface area contributed by atoms with Gasteiger partial charge in [-0.2, -0.15) is 0 Å². The fourth-order valence-electron chi connectivity index (χ4n) is 2.04. The van der Waals surface area contributed by atoms with Crippen LogP contribution in [0.2, 0.25) is 0 Å². The molecule has 1 N–H and O–H groups in total. The molecule has 1 heterocycles. The Balaban J connectivity index is 2.05. The number of hydrogen-bond donors (Lipinski definition) is 1. The van der Waals surface area contributed by atoms with E-state index in [1.165, 1.54) is 11.9 Å². The summed E-state index contributed by atoms with van der Waals surface area (Å²) in [6.45, 7) is 2.04. The molecule has 0 aliphatic carbocycles. The van der Waals surface area contributed by atoms with Crippen LogP contribution in [0.25, 0.3) is 10.9 Å². The van der Waals surface area contributed by atoms with Crippen molar-refractivity contribution in [1.82, 2.24) is 9.97 Å². The van der Waals surface area contributed by atoms with Crippen LogP contribution in [0.3, 0.4) is 0 Å². The Kier molecular flexibility index (Phi) is 3.58. The Labute approximate surface area is 125 Å². The number of carbonyl (C=O) groups is 1. The van der Waals surface area contributed by atoms with Gasteiger partial charge in [0, 0.05) is 10.3 Å². The summed E-state index contributed by atoms with van der Waals surface area (Å²) in [6.07, 6.45) is 1.46. The number of aromatic carboxylic acids is 1. The lowest BCUT2D eigenvalue weighted by Gasteiger charge is -2.06. The lowest BCUT2D eigenvalue weighted by molar-refractivity contribution is 0.0697. The zero-order valence-electron chi connectivity index (χ0n) is 11.3. The van der Waals surface area contributed by atoms with Gasteiger partial charge < -0.3 is 5.11 Å². The summed E-state index contributed by atoms with van der Waals surface area (Å²) >= 11 is 1.55. The van der Waals surface area contributed by atoms with Gasteiger partial charge in [-0.05, 0) is 37.3 Å². The third kappa shape index (κ3) is 2.87. The highest BCUT2D eigenvalue weighted by Gasteiger charge is 2.09. The number of hydrogen-bond acceptors (Lipinski definition) is 4. The molecule has 0 aliphatic heterocycles. The smallest absolute Gasteiger partial charge is 0.335 e. The maximum atomic E-state index is 11.0. The van der Waals surface area contributed by atoms with E-state index in [1.54, 1.807) is 30.0 Å². The second kappa shape index (κ2) is 5.54. The van der Waals surface area contributed by atoms with Crippen LogP contribution < -0.4 is 0 Å². The quantitative estimate of drug-likeness (QED) is 0.745. The number of fused-ring (bicyclic) bond motifs is 1. The van der Waals surface area contributed by atoms with Crippen LogP contribution in [-0.2, 0) is 0 Å². The Morgan fingerprint density at radius 2 is 2.00 bits per heavy atom. The number of rotatable bonds is 3. The SMILES string of the molecule is Cc1cccc(Sc2ncnc3cc(C(=O)O)ccc23)c1. The molecule has 0 atom stereocenters. The van der Waals surface area contributed by atoms with Crippen molar-refractivity contribution in [2.45, 2.75) is 16.8 Å². The van der Waals surface area contributed by atoms with Gasteiger partial charge in [0.2, 0.25) is 0 Å². The number of aromatic nitrogens is 2. The number of carboxylic acids is 1. The molecule has 104 valence electrons. The van der Waals surface area contributed by atoms with Crippen molar-refractivity contribution in [1.29, 1.82) is 0 Å². The molecule has 3 rings (SSSR count). The van der Waals surface area contributed by atoms with Gasteiger partial charge in [0.15, 0.2) is 0 Å². The van der Waals surface area contributed by atoms with E-state index in [0.29, 0.717) is 5.52 Å². The van der Waals surface area contributed by atoms with Crippen LogP contribution in [0.4, 0.5) is 0 Å². The highest BCUT2D eigenvalue weighted by Crippen LogP contribution is 2.31. The van der Waals surface area contributed by atoms with Crippen LogP contribution in [0.5, 0.6) is 0 Å². The van der Waals surface area contributed by atoms with Gasteiger partial charge >= 0.3 is 5.97 Å². The molecular weight excluding hydrogens is 284 g/mol. The lowest BCUT2D eigenvalue weighted by Crippen LogP contribution is -1.96. The second-order valence-electron chi connectivity index (χ2n) is 4.63. The van der Waals surface area contributed by atoms with Crippen molar-refractivity contribution in [2.75, 3.05) is 0 Å². The normalized spacial score (nSPS) is 10.7. The van der Waals surface area contributed by atoms with Crippen molar-refractivity contribution in [3.63, 3.8) is 0 Å². The minimum absolute atomic E-state index is 0.229. The summed E-state index contributed by atoms with van der Waals surface area (Å²) in [7, 11) is 0. The zero-order valence-corrected chi connectivity index (χ0v) is 12.1. The van der Waals surface area contributed by atoms with Crippen molar-refractivity contribution >= 4 is 28.6 Å². The molecule has 0 saturated heterocycles. The summed E-state index contributed by atoms with van der Waals surface area (Å²) < 4.78 is 0. The number of aryl methyl sites for hydroxylation is 1. The van der Waals surface area contributed by atoms with Gasteiger partial charge in [-0.15, -0.1) is 0 Å². The van der Waals surface area contributed by atoms with Crippen LogP contribution in [0.1, 0.15) is 15.9 Å². The first-order valence-electron chi connectivity index (χ1n) is 6.36. The minimum Gasteiger partial charge on any atom is -0.478 e. The van der Waals surface area contributed by atoms with Gasteiger partial charge in [-0.1, -0.05) is 29.5 Å². The zero-order chi connectivity index (χ0) is 14.8. The molecule has 0 fully saturated rings. The first-order valence-corrected chi connectivity index (χ1v) is 7.18. The standard InChI is InChI=1S/C16H12N2O2S/c1-10-3-2-4-12(7-10)21-15-13-6-5-11(16(19)20)8-14(13)17-9-18-15/h2-9H,1H3,(H,19,20). The summed E-state index contributed by atoms with van der Waals surface area (Å²) in [6, 6.07) is 13.1. The molecule has 1 aromatic heterocycles. The molecule has 5 heteroatoms. The molecule has 0 spiro atoms. The predicted molar refractivity (Wildman–Crippen MR) is 81.8 cm³/mol. The topological polar surface area (TPSA) is 63.1 Å². The third-order valence-corrected chi connectivity index (χ3v) is 4.06. The van der Waals surface area contributed by atoms with E-state index in [0.717, 1.165) is 15.3 Å². The number of benzene rings is 2. The summed E-state index contributed by atoms with van der Waals surface area (Å²) in [5, 5.41) is 10.7. The minimum atomic E-state index is -0.955. The Bertz CT molecular complexity index is 833. The number of carboxylic acid groups (broad SMARTS) is 1. The van der Waals surface area contributed by atoms with Crippen molar-refractivity contribution < 1.29 is 9.90 Å². The first kappa shape index (κ1) is 13.6. The summed E-state index contributed by atoms with van der Waals surface area (Å²) in [5.41, 5.74) is 2.05. The van der Waals surface area contributed by atoms with Crippen LogP contribution in [0.15, 0.2) is 58.7 Å². The van der Waals surface area contributed by atoms with Gasteiger partial charge in [0.25, 0.3) is 0 Å². The Morgan fingerprint density at radius 1 is 1.14 bits per heavy atom. The monoisotopic (exact) mass is 296 g/mol. The molecule has 0 unspecified atom stereocenters. The maximum Gasteiger partial charge on any atom is 0.335 e. The molecule has 21 heavy (non-hydrogen) atoms. The van der Waals surface area contributed by atoms with Gasteiger partial charge in [0.1, 0.15) is 11.4 Å². The molecule has 0 radical (unpaired) electrons. The fourth-order valence-corrected chi connectivity index (χ4v) is 3.03. The van der Waals surface area contributed by atoms with E-state index >= 15 is 0 Å². The largest absolute Gasteiger partial charge is 0.478 e. The fraction of sp³-hybridized carbons (Fsp3) is 0.0625. The Morgan fingerprint density at radius 3 is 2.76 bits per heavy atom. The van der Waals surface area contributed by atoms with Gasteiger partial charge in [-0.25, -0.2) is 14.8 Å². The average molecular weight is 296 g/mol. The highest BCUT2D eigenvalue weighted by atomic mass is 32.2. The average Bonchev–Trinajstić information content (AvgIpc) is 2.47. The second-order valence-corrected chi connectivity index (χ2v) is 5.70. The molecule has 2 aromatic carbocycles. The molecule has 4 nitrogen and oxygen atoms in total. The van der Waals surface area contributed by atoms with Gasteiger partial charge in [0.05, 0.1) is 11.1 Å². The van der Waals surface area contributed by atoms with Gasteiger partial charge in [-0.3, -0.25) is 0 Å². The third-order valence-electron chi connectivity index (χ3n) is 3.05. The highest BCUT2D eigenvalue weighted by molar-refractivity contribution is 7.99. The first-order chi connectivity index (χ1) is 10.1. The van der Waals surface area contributed by atoms with Crippen LogP contribution in [-0.4, -0.2) is 21.0 Å². The maximum absolute atomic E-state index is 11.0. The van der Waals surface area contributed by atoms with Crippen LogP contribution >= 0.6 is 11.8 Å². The number of nitrogens with zero attached hydrogens (tertiary/aromatic N) is 2. The van der Waals surface area contributed by atoms with E-state index in [2.05, 4.69) is 16.0 Å². The molecule has 0 saturated carbocycles. The molecule has 0 bridgehead atoms. The lowest BCUT2D eigenvalue weighted by atomic mass is 10.1. The van der Waals surface area contributed by atoms with Crippen molar-refractivity contribution in [2.24, 2.45) is 0 Å². The van der Waals surface area contributed by atoms with Crippen molar-refractivity contribution in [3.8, 4) is 0 Å². The molecular formula is C16H12N2O2S. The molecule has 0 amide bonds. The van der Waals surface area contributed by atoms with E-state index in [-0.39, 0.29) is 5.56 Å². The molecule has 0 aliphatic rings. The Hall–Kier alpha value is -2.40. The molecule has 3 aromatic rings. The van der Waals surface area contributed by atoms with E-state index < -0.39 is 5.97 Å². The van der Waals surface area contributed by atoms with E-state index in [9.17, 15) is 4.79 Å². The van der Waals surface area contributed by atoms with Crippen LogP contribution in [0, 0.1) is 6.92 Å². The van der Waals surface area contributed by atoms with E-state index in [1.807, 2.05) is 25.1 Å². The summed E-state index contributed by atoms with van der Waals surface area (Å²) in [4.78, 5) is 20.6. The van der Waals surface area contributed by atoms with E-state index in [4.69, 9.17) is 5.11 Å². The summed E-state index contributed by atoms with van der Waals surface area (Å²) in [5.74, 6) is -0.955.